The highest BCUT2D eigenvalue weighted by Crippen LogP contribution is 2.24. The van der Waals surface area contributed by atoms with Gasteiger partial charge in [-0.25, -0.2) is 4.98 Å². The molecule has 0 aliphatic rings. The number of fused-ring (bicyclic) bond motifs is 1. The summed E-state index contributed by atoms with van der Waals surface area (Å²) in [4.78, 5) is 15.8. The van der Waals surface area contributed by atoms with Gasteiger partial charge >= 0.3 is 5.97 Å². The van der Waals surface area contributed by atoms with Crippen LogP contribution in [0.15, 0.2) is 33.9 Å². The third kappa shape index (κ3) is 3.52. The van der Waals surface area contributed by atoms with Gasteiger partial charge in [-0.15, -0.1) is 0 Å². The molecule has 2 rings (SSSR count). The number of oxazole rings is 1. The molecule has 0 radical (unpaired) electrons. The molecule has 5 nitrogen and oxygen atoms in total. The number of hydrogen-bond donors (Lipinski definition) is 1. The number of benzene rings is 1. The van der Waals surface area contributed by atoms with E-state index in [-0.39, 0.29) is 5.97 Å². The molecule has 1 aromatic heterocycles. The van der Waals surface area contributed by atoms with E-state index >= 15 is 0 Å². The third-order valence-corrected chi connectivity index (χ3v) is 3.91. The van der Waals surface area contributed by atoms with Gasteiger partial charge in [0.05, 0.1) is 7.11 Å². The molecule has 0 fully saturated rings. The highest BCUT2D eigenvalue weighted by Gasteiger charge is 2.28. The van der Waals surface area contributed by atoms with Crippen LogP contribution in [-0.2, 0) is 9.53 Å². The summed E-state index contributed by atoms with van der Waals surface area (Å²) in [5.41, 5.74) is 6.59. The Hall–Kier alpha value is -1.53. The van der Waals surface area contributed by atoms with E-state index in [4.69, 9.17) is 10.2 Å². The molecule has 2 N–H and O–H groups in total. The molecule has 1 unspecified atom stereocenters. The number of ether oxygens (including phenoxy) is 1. The molecule has 1 atom stereocenters. The van der Waals surface area contributed by atoms with Gasteiger partial charge in [-0.3, -0.25) is 4.79 Å². The van der Waals surface area contributed by atoms with Crippen LogP contribution in [0.5, 0.6) is 0 Å². The van der Waals surface area contributed by atoms with Crippen molar-refractivity contribution in [1.29, 1.82) is 0 Å². The number of methoxy groups -OCH3 is 1. The van der Waals surface area contributed by atoms with E-state index in [1.54, 1.807) is 6.92 Å². The smallest absolute Gasteiger partial charge is 0.325 e. The summed E-state index contributed by atoms with van der Waals surface area (Å²) in [6, 6.07) is 7.64. The van der Waals surface area contributed by atoms with Gasteiger partial charge in [0, 0.05) is 5.75 Å². The number of carbonyl (C=O) groups is 1. The Labute approximate surface area is 121 Å². The first-order chi connectivity index (χ1) is 9.53. The van der Waals surface area contributed by atoms with Crippen molar-refractivity contribution < 1.29 is 13.9 Å². The molecule has 0 saturated heterocycles. The molecule has 1 heterocycles. The van der Waals surface area contributed by atoms with Crippen LogP contribution in [0.3, 0.4) is 0 Å². The Balaban J connectivity index is 1.83. The monoisotopic (exact) mass is 294 g/mol. The SMILES string of the molecule is COC(=O)C(C)(N)CCCSc1nc2ccccc2o1. The highest BCUT2D eigenvalue weighted by molar-refractivity contribution is 7.99. The minimum atomic E-state index is -0.934. The summed E-state index contributed by atoms with van der Waals surface area (Å²) in [6.07, 6.45) is 1.35. The van der Waals surface area contributed by atoms with Crippen molar-refractivity contribution in [2.24, 2.45) is 5.73 Å². The van der Waals surface area contributed by atoms with Crippen molar-refractivity contribution in [2.75, 3.05) is 12.9 Å². The van der Waals surface area contributed by atoms with E-state index in [0.717, 1.165) is 23.3 Å². The molecular weight excluding hydrogens is 276 g/mol. The summed E-state index contributed by atoms with van der Waals surface area (Å²) < 4.78 is 10.3. The fraction of sp³-hybridized carbons (Fsp3) is 0.429. The minimum absolute atomic E-state index is 0.385. The van der Waals surface area contributed by atoms with Gasteiger partial charge in [-0.1, -0.05) is 23.9 Å². The van der Waals surface area contributed by atoms with Crippen LogP contribution in [0.1, 0.15) is 19.8 Å². The number of rotatable bonds is 6. The number of nitrogens with zero attached hydrogens (tertiary/aromatic N) is 1. The molecule has 0 aliphatic carbocycles. The summed E-state index contributed by atoms with van der Waals surface area (Å²) in [7, 11) is 1.35. The molecule has 1 aromatic carbocycles. The zero-order valence-electron chi connectivity index (χ0n) is 11.6. The van der Waals surface area contributed by atoms with Crippen LogP contribution in [0, 0.1) is 0 Å². The lowest BCUT2D eigenvalue weighted by atomic mass is 9.98. The molecule has 108 valence electrons. The lowest BCUT2D eigenvalue weighted by Gasteiger charge is -2.20. The maximum absolute atomic E-state index is 11.4. The number of hydrogen-bond acceptors (Lipinski definition) is 6. The van der Waals surface area contributed by atoms with E-state index in [0.29, 0.717) is 11.6 Å². The topological polar surface area (TPSA) is 78.4 Å². The largest absolute Gasteiger partial charge is 0.468 e. The average Bonchev–Trinajstić information content (AvgIpc) is 2.85. The normalized spacial score (nSPS) is 14.2. The Morgan fingerprint density at radius 2 is 2.25 bits per heavy atom. The fourth-order valence-corrected chi connectivity index (χ4v) is 2.62. The first-order valence-corrected chi connectivity index (χ1v) is 7.37. The highest BCUT2D eigenvalue weighted by atomic mass is 32.2. The number of aromatic nitrogens is 1. The standard InChI is InChI=1S/C14H18N2O3S/c1-14(15,12(17)18-2)8-5-9-20-13-16-10-6-3-4-7-11(10)19-13/h3-4,6-7H,5,8-9,15H2,1-2H3. The van der Waals surface area contributed by atoms with Gasteiger partial charge < -0.3 is 14.9 Å². The minimum Gasteiger partial charge on any atom is -0.468 e. The quantitative estimate of drug-likeness (QED) is 0.501. The van der Waals surface area contributed by atoms with Crippen LogP contribution < -0.4 is 5.73 Å². The van der Waals surface area contributed by atoms with E-state index in [2.05, 4.69) is 9.72 Å². The van der Waals surface area contributed by atoms with Gasteiger partial charge in [0.15, 0.2) is 5.58 Å². The maximum Gasteiger partial charge on any atom is 0.325 e. The van der Waals surface area contributed by atoms with E-state index in [1.807, 2.05) is 24.3 Å². The van der Waals surface area contributed by atoms with Crippen molar-refractivity contribution in [3.8, 4) is 0 Å². The number of carbonyl (C=O) groups excluding carboxylic acids is 1. The van der Waals surface area contributed by atoms with E-state index < -0.39 is 5.54 Å². The summed E-state index contributed by atoms with van der Waals surface area (Å²) in [5, 5.41) is 0.642. The van der Waals surface area contributed by atoms with Crippen LogP contribution in [-0.4, -0.2) is 29.4 Å². The second kappa shape index (κ2) is 6.28. The van der Waals surface area contributed by atoms with Gasteiger partial charge in [-0.05, 0) is 31.9 Å². The summed E-state index contributed by atoms with van der Waals surface area (Å²) in [6.45, 7) is 1.68. The molecule has 0 aliphatic heterocycles. The number of para-hydroxylation sites is 2. The van der Waals surface area contributed by atoms with Crippen molar-refractivity contribution in [3.05, 3.63) is 24.3 Å². The molecular formula is C14H18N2O3S. The fourth-order valence-electron chi connectivity index (χ4n) is 1.85. The average molecular weight is 294 g/mol. The maximum atomic E-state index is 11.4. The van der Waals surface area contributed by atoms with Crippen LogP contribution >= 0.6 is 11.8 Å². The van der Waals surface area contributed by atoms with Crippen molar-refractivity contribution in [2.45, 2.75) is 30.5 Å². The number of nitrogens with two attached hydrogens (primary N) is 1. The molecule has 0 spiro atoms. The Morgan fingerprint density at radius 3 is 2.95 bits per heavy atom. The predicted octanol–water partition coefficient (Wildman–Crippen LogP) is 2.59. The van der Waals surface area contributed by atoms with Gasteiger partial charge in [0.1, 0.15) is 11.1 Å². The lowest BCUT2D eigenvalue weighted by Crippen LogP contribution is -2.45. The molecule has 0 amide bonds. The van der Waals surface area contributed by atoms with Gasteiger partial charge in [-0.2, -0.15) is 0 Å². The van der Waals surface area contributed by atoms with Crippen LogP contribution in [0.2, 0.25) is 0 Å². The van der Waals surface area contributed by atoms with Gasteiger partial charge in [0.2, 0.25) is 0 Å². The Kier molecular flexibility index (Phi) is 4.67. The summed E-state index contributed by atoms with van der Waals surface area (Å²) in [5.74, 6) is 0.403. The number of esters is 1. The van der Waals surface area contributed by atoms with E-state index in [9.17, 15) is 4.79 Å². The van der Waals surface area contributed by atoms with Crippen molar-refractivity contribution in [1.82, 2.24) is 4.98 Å². The Morgan fingerprint density at radius 1 is 1.50 bits per heavy atom. The summed E-state index contributed by atoms with van der Waals surface area (Å²) >= 11 is 1.52. The number of thioether (sulfide) groups is 1. The second-order valence-corrected chi connectivity index (χ2v) is 5.85. The van der Waals surface area contributed by atoms with Gasteiger partial charge in [0.25, 0.3) is 5.22 Å². The molecule has 0 saturated carbocycles. The molecule has 0 bridgehead atoms. The first-order valence-electron chi connectivity index (χ1n) is 6.38. The van der Waals surface area contributed by atoms with Crippen LogP contribution in [0.4, 0.5) is 0 Å². The predicted molar refractivity (Wildman–Crippen MR) is 78.6 cm³/mol. The lowest BCUT2D eigenvalue weighted by molar-refractivity contribution is -0.146. The van der Waals surface area contributed by atoms with Crippen molar-refractivity contribution >= 4 is 28.8 Å². The van der Waals surface area contributed by atoms with Crippen LogP contribution in [0.25, 0.3) is 11.1 Å². The van der Waals surface area contributed by atoms with E-state index in [1.165, 1.54) is 18.9 Å². The molecule has 6 heteroatoms. The first kappa shape index (κ1) is 14.9. The zero-order chi connectivity index (χ0) is 14.6. The third-order valence-electron chi connectivity index (χ3n) is 2.99. The van der Waals surface area contributed by atoms with Crippen molar-refractivity contribution in [3.63, 3.8) is 0 Å². The molecule has 20 heavy (non-hydrogen) atoms. The Bertz CT molecular complexity index is 562. The second-order valence-electron chi connectivity index (χ2n) is 4.81. The molecule has 2 aromatic rings. The zero-order valence-corrected chi connectivity index (χ0v) is 12.4.